The number of nitrogens with zero attached hydrogens (tertiary/aromatic N) is 1. The molecule has 0 aliphatic rings. The lowest BCUT2D eigenvalue weighted by atomic mass is 9.84. The van der Waals surface area contributed by atoms with Gasteiger partial charge < -0.3 is 11.1 Å². The van der Waals surface area contributed by atoms with Gasteiger partial charge in [0.15, 0.2) is 0 Å². The minimum absolute atomic E-state index is 0.0545. The minimum atomic E-state index is -0.169. The quantitative estimate of drug-likeness (QED) is 0.839. The van der Waals surface area contributed by atoms with E-state index in [4.69, 9.17) is 5.73 Å². The van der Waals surface area contributed by atoms with E-state index in [1.54, 1.807) is 12.3 Å². The molecular weight excluding hydrogens is 214 g/mol. The van der Waals surface area contributed by atoms with Crippen molar-refractivity contribution < 1.29 is 4.79 Å². The van der Waals surface area contributed by atoms with Crippen LogP contribution < -0.4 is 11.1 Å². The molecule has 0 fully saturated rings. The van der Waals surface area contributed by atoms with Crippen LogP contribution in [0.2, 0.25) is 0 Å². The van der Waals surface area contributed by atoms with Crippen LogP contribution in [0.3, 0.4) is 0 Å². The molecule has 94 valence electrons. The third-order valence-corrected chi connectivity index (χ3v) is 2.43. The Morgan fingerprint density at radius 2 is 2.18 bits per heavy atom. The zero-order chi connectivity index (χ0) is 12.9. The van der Waals surface area contributed by atoms with Crippen LogP contribution in [0.15, 0.2) is 24.4 Å². The Balaban J connectivity index is 2.62. The van der Waals surface area contributed by atoms with Crippen molar-refractivity contribution >= 4 is 11.7 Å². The van der Waals surface area contributed by atoms with Crippen LogP contribution in [0.25, 0.3) is 0 Å². The summed E-state index contributed by atoms with van der Waals surface area (Å²) in [6.07, 6.45) is 2.42. The molecule has 1 rings (SSSR count). The van der Waals surface area contributed by atoms with Crippen LogP contribution in [0.5, 0.6) is 0 Å². The average molecular weight is 235 g/mol. The molecular formula is C13H21N3O. The number of carbonyl (C=O) groups is 1. The minimum Gasteiger partial charge on any atom is -0.330 e. The van der Waals surface area contributed by atoms with Crippen LogP contribution >= 0.6 is 0 Å². The summed E-state index contributed by atoms with van der Waals surface area (Å²) in [5, 5.41) is 2.79. The van der Waals surface area contributed by atoms with Gasteiger partial charge in [0.25, 0.3) is 0 Å². The van der Waals surface area contributed by atoms with Crippen molar-refractivity contribution in [2.75, 3.05) is 11.9 Å². The van der Waals surface area contributed by atoms with Gasteiger partial charge in [0.05, 0.1) is 5.92 Å². The van der Waals surface area contributed by atoms with Crippen LogP contribution in [0, 0.1) is 11.3 Å². The third kappa shape index (κ3) is 4.95. The summed E-state index contributed by atoms with van der Waals surface area (Å²) in [5.41, 5.74) is 5.74. The molecule has 0 bridgehead atoms. The number of anilines is 1. The second kappa shape index (κ2) is 5.77. The van der Waals surface area contributed by atoms with Crippen LogP contribution in [-0.2, 0) is 4.79 Å². The van der Waals surface area contributed by atoms with Gasteiger partial charge in [0, 0.05) is 12.7 Å². The highest BCUT2D eigenvalue weighted by molar-refractivity contribution is 5.91. The van der Waals surface area contributed by atoms with E-state index in [-0.39, 0.29) is 17.2 Å². The molecule has 0 saturated carbocycles. The molecule has 1 unspecified atom stereocenters. The molecule has 0 spiro atoms. The molecule has 0 aliphatic heterocycles. The maximum atomic E-state index is 12.0. The van der Waals surface area contributed by atoms with Crippen LogP contribution in [0.1, 0.15) is 27.2 Å². The normalized spacial score (nSPS) is 13.2. The molecule has 0 radical (unpaired) electrons. The zero-order valence-electron chi connectivity index (χ0n) is 10.7. The molecule has 1 atom stereocenters. The highest BCUT2D eigenvalue weighted by Crippen LogP contribution is 2.24. The number of aromatic nitrogens is 1. The first-order chi connectivity index (χ1) is 7.92. The van der Waals surface area contributed by atoms with Gasteiger partial charge in [-0.2, -0.15) is 0 Å². The largest absolute Gasteiger partial charge is 0.330 e. The summed E-state index contributed by atoms with van der Waals surface area (Å²) in [4.78, 5) is 16.0. The summed E-state index contributed by atoms with van der Waals surface area (Å²) >= 11 is 0. The van der Waals surface area contributed by atoms with E-state index in [0.717, 1.165) is 6.42 Å². The Labute approximate surface area is 103 Å². The molecule has 4 heteroatoms. The molecule has 1 amide bonds. The number of amides is 1. The van der Waals surface area contributed by atoms with Crippen molar-refractivity contribution in [3.8, 4) is 0 Å². The van der Waals surface area contributed by atoms with Crippen molar-refractivity contribution in [3.63, 3.8) is 0 Å². The fourth-order valence-electron chi connectivity index (χ4n) is 1.69. The summed E-state index contributed by atoms with van der Waals surface area (Å²) in [7, 11) is 0. The molecule has 17 heavy (non-hydrogen) atoms. The first-order valence-corrected chi connectivity index (χ1v) is 5.84. The number of nitrogens with two attached hydrogens (primary N) is 1. The number of hydrogen-bond donors (Lipinski definition) is 2. The van der Waals surface area contributed by atoms with Gasteiger partial charge in [-0.15, -0.1) is 0 Å². The average Bonchev–Trinajstić information content (AvgIpc) is 2.26. The Hall–Kier alpha value is -1.42. The Morgan fingerprint density at radius 3 is 2.65 bits per heavy atom. The summed E-state index contributed by atoms with van der Waals surface area (Å²) in [5.74, 6) is 0.350. The van der Waals surface area contributed by atoms with Crippen molar-refractivity contribution in [1.82, 2.24) is 4.98 Å². The van der Waals surface area contributed by atoms with E-state index in [2.05, 4.69) is 31.1 Å². The standard InChI is InChI=1S/C13H21N3O/c1-13(2,3)8-10(9-14)12(17)16-11-6-4-5-7-15-11/h4-7,10H,8-9,14H2,1-3H3,(H,15,16,17). The van der Waals surface area contributed by atoms with Crippen molar-refractivity contribution in [2.45, 2.75) is 27.2 Å². The SMILES string of the molecule is CC(C)(C)CC(CN)C(=O)Nc1ccccn1. The number of hydrogen-bond acceptors (Lipinski definition) is 3. The number of rotatable bonds is 4. The van der Waals surface area contributed by atoms with Crippen LogP contribution in [-0.4, -0.2) is 17.4 Å². The topological polar surface area (TPSA) is 68.0 Å². The van der Waals surface area contributed by atoms with E-state index in [1.807, 2.05) is 12.1 Å². The van der Waals surface area contributed by atoms with E-state index in [9.17, 15) is 4.79 Å². The Bertz CT molecular complexity index is 357. The predicted molar refractivity (Wildman–Crippen MR) is 69.5 cm³/mol. The molecule has 1 heterocycles. The van der Waals surface area contributed by atoms with Gasteiger partial charge in [-0.25, -0.2) is 4.98 Å². The predicted octanol–water partition coefficient (Wildman–Crippen LogP) is 2.03. The van der Waals surface area contributed by atoms with Crippen molar-refractivity contribution in [1.29, 1.82) is 0 Å². The molecule has 0 aliphatic carbocycles. The number of carbonyl (C=O) groups excluding carboxylic acids is 1. The third-order valence-electron chi connectivity index (χ3n) is 2.43. The summed E-state index contributed by atoms with van der Waals surface area (Å²) < 4.78 is 0. The lowest BCUT2D eigenvalue weighted by Crippen LogP contribution is -2.32. The maximum absolute atomic E-state index is 12.0. The lowest BCUT2D eigenvalue weighted by molar-refractivity contribution is -0.120. The van der Waals surface area contributed by atoms with E-state index < -0.39 is 0 Å². The number of nitrogens with one attached hydrogen (secondary N) is 1. The van der Waals surface area contributed by atoms with Gasteiger partial charge in [-0.05, 0) is 24.0 Å². The fourth-order valence-corrected chi connectivity index (χ4v) is 1.69. The van der Waals surface area contributed by atoms with Gasteiger partial charge in [-0.1, -0.05) is 26.8 Å². The van der Waals surface area contributed by atoms with Crippen LogP contribution in [0.4, 0.5) is 5.82 Å². The molecule has 3 N–H and O–H groups in total. The first-order valence-electron chi connectivity index (χ1n) is 5.84. The molecule has 1 aromatic rings. The monoisotopic (exact) mass is 235 g/mol. The highest BCUT2D eigenvalue weighted by Gasteiger charge is 2.23. The lowest BCUT2D eigenvalue weighted by Gasteiger charge is -2.24. The first kappa shape index (κ1) is 13.6. The number of pyridine rings is 1. The van der Waals surface area contributed by atoms with E-state index in [1.165, 1.54) is 0 Å². The van der Waals surface area contributed by atoms with E-state index >= 15 is 0 Å². The van der Waals surface area contributed by atoms with Gasteiger partial charge in [0.2, 0.25) is 5.91 Å². The summed E-state index contributed by atoms with van der Waals surface area (Å²) in [6, 6.07) is 5.41. The maximum Gasteiger partial charge on any atom is 0.229 e. The van der Waals surface area contributed by atoms with Crippen molar-refractivity contribution in [2.24, 2.45) is 17.1 Å². The second-order valence-electron chi connectivity index (χ2n) is 5.40. The molecule has 1 aromatic heterocycles. The fraction of sp³-hybridized carbons (Fsp3) is 0.538. The van der Waals surface area contributed by atoms with E-state index in [0.29, 0.717) is 12.4 Å². The molecule has 4 nitrogen and oxygen atoms in total. The smallest absolute Gasteiger partial charge is 0.229 e. The zero-order valence-corrected chi connectivity index (χ0v) is 10.7. The van der Waals surface area contributed by atoms with Crippen molar-refractivity contribution in [3.05, 3.63) is 24.4 Å². The second-order valence-corrected chi connectivity index (χ2v) is 5.40. The Morgan fingerprint density at radius 1 is 1.47 bits per heavy atom. The van der Waals surface area contributed by atoms with Gasteiger partial charge in [0.1, 0.15) is 5.82 Å². The molecule has 0 saturated heterocycles. The van der Waals surface area contributed by atoms with Gasteiger partial charge >= 0.3 is 0 Å². The Kier molecular flexibility index (Phi) is 4.63. The molecule has 0 aromatic carbocycles. The summed E-state index contributed by atoms with van der Waals surface area (Å²) in [6.45, 7) is 6.66. The highest BCUT2D eigenvalue weighted by atomic mass is 16.1. The van der Waals surface area contributed by atoms with Gasteiger partial charge in [-0.3, -0.25) is 4.79 Å².